The molecule has 9 nitrogen and oxygen atoms in total. The van der Waals surface area contributed by atoms with Crippen molar-refractivity contribution >= 4 is 62.8 Å². The number of imidazole rings is 1. The molecule has 41 heavy (non-hydrogen) atoms. The van der Waals surface area contributed by atoms with Gasteiger partial charge in [0.2, 0.25) is 11.7 Å². The molecule has 1 saturated carbocycles. The summed E-state index contributed by atoms with van der Waals surface area (Å²) in [6, 6.07) is 2.86. The Morgan fingerprint density at radius 2 is 2.05 bits per heavy atom. The van der Waals surface area contributed by atoms with Crippen LogP contribution in [-0.2, 0) is 19.1 Å². The highest BCUT2D eigenvalue weighted by Gasteiger charge is 2.62. The monoisotopic (exact) mass is 638 g/mol. The number of carbonyl (C=O) groups is 4. The van der Waals surface area contributed by atoms with E-state index in [9.17, 15) is 19.2 Å². The molecule has 5 aliphatic rings. The number of ketones is 2. The number of fused-ring (bicyclic) bond motifs is 6. The van der Waals surface area contributed by atoms with E-state index in [1.54, 1.807) is 33.8 Å². The molecule has 7 rings (SSSR count). The maximum absolute atomic E-state index is 15.2. The molecule has 2 atom stereocenters. The van der Waals surface area contributed by atoms with Gasteiger partial charge in [-0.25, -0.2) is 9.37 Å². The molecule has 1 amide bonds. The van der Waals surface area contributed by atoms with Crippen molar-refractivity contribution in [1.29, 1.82) is 0 Å². The summed E-state index contributed by atoms with van der Waals surface area (Å²) in [6.45, 7) is -0.448. The highest BCUT2D eigenvalue weighted by molar-refractivity contribution is 9.10. The Balaban J connectivity index is 1.26. The van der Waals surface area contributed by atoms with E-state index in [0.717, 1.165) is 23.5 Å². The molecule has 0 bridgehead atoms. The predicted octanol–water partition coefficient (Wildman–Crippen LogP) is 4.07. The summed E-state index contributed by atoms with van der Waals surface area (Å²) in [4.78, 5) is 62.7. The summed E-state index contributed by atoms with van der Waals surface area (Å²) in [5.41, 5.74) is 1.82. The van der Waals surface area contributed by atoms with Crippen LogP contribution in [0.15, 0.2) is 79.4 Å². The summed E-state index contributed by atoms with van der Waals surface area (Å²) in [5, 5.41) is -0.00146. The zero-order chi connectivity index (χ0) is 28.6. The fraction of sp³-hybridized carbons (Fsp3) is 0.310. The van der Waals surface area contributed by atoms with E-state index >= 15 is 4.39 Å². The van der Waals surface area contributed by atoms with Gasteiger partial charge in [-0.15, -0.1) is 0 Å². The number of nitrogens with zero attached hydrogens (tertiary/aromatic N) is 4. The average Bonchev–Trinajstić information content (AvgIpc) is 3.53. The molecule has 5 heterocycles. The number of halogens is 3. The summed E-state index contributed by atoms with van der Waals surface area (Å²) >= 11 is 9.80. The first kappa shape index (κ1) is 26.2. The molecule has 12 heteroatoms. The van der Waals surface area contributed by atoms with Gasteiger partial charge in [-0.3, -0.25) is 28.6 Å². The Kier molecular flexibility index (Phi) is 6.02. The molecule has 0 radical (unpaired) electrons. The number of esters is 1. The molecular weight excluding hydrogens is 619 g/mol. The number of pyridine rings is 1. The third-order valence-corrected chi connectivity index (χ3v) is 9.36. The van der Waals surface area contributed by atoms with Crippen LogP contribution in [0.3, 0.4) is 0 Å². The van der Waals surface area contributed by atoms with Gasteiger partial charge in [0.1, 0.15) is 22.0 Å². The number of rotatable bonds is 4. The van der Waals surface area contributed by atoms with E-state index in [0.29, 0.717) is 28.8 Å². The van der Waals surface area contributed by atoms with Gasteiger partial charge in [0.05, 0.1) is 23.8 Å². The lowest BCUT2D eigenvalue weighted by Crippen LogP contribution is -2.49. The highest BCUT2D eigenvalue weighted by Crippen LogP contribution is 2.62. The maximum atomic E-state index is 15.2. The first-order valence-electron chi connectivity index (χ1n) is 13.1. The molecule has 1 spiro atoms. The van der Waals surface area contributed by atoms with Crippen molar-refractivity contribution in [2.75, 3.05) is 19.7 Å². The van der Waals surface area contributed by atoms with Crippen molar-refractivity contribution in [3.63, 3.8) is 0 Å². The van der Waals surface area contributed by atoms with Crippen LogP contribution in [0, 0.1) is 11.3 Å². The molecule has 2 fully saturated rings. The Morgan fingerprint density at radius 3 is 2.83 bits per heavy atom. The van der Waals surface area contributed by atoms with Gasteiger partial charge in [-0.05, 0) is 63.7 Å². The van der Waals surface area contributed by atoms with Crippen LogP contribution in [-0.4, -0.2) is 69.7 Å². The van der Waals surface area contributed by atoms with Gasteiger partial charge < -0.3 is 9.64 Å². The third kappa shape index (κ3) is 4.16. The summed E-state index contributed by atoms with van der Waals surface area (Å²) in [7, 11) is 0. The molecule has 0 N–H and O–H groups in total. The van der Waals surface area contributed by atoms with Crippen molar-refractivity contribution in [3.05, 3.63) is 80.0 Å². The van der Waals surface area contributed by atoms with Crippen LogP contribution in [0.5, 0.6) is 0 Å². The number of allylic oxidation sites excluding steroid dienone is 6. The Morgan fingerprint density at radius 1 is 1.24 bits per heavy atom. The largest absolute Gasteiger partial charge is 0.457 e. The molecule has 3 aliphatic heterocycles. The Bertz CT molecular complexity index is 1760. The smallest absolute Gasteiger partial charge is 0.315 e. The van der Waals surface area contributed by atoms with Crippen LogP contribution in [0.4, 0.5) is 4.39 Å². The molecule has 208 valence electrons. The van der Waals surface area contributed by atoms with Gasteiger partial charge in [0, 0.05) is 48.0 Å². The van der Waals surface area contributed by atoms with E-state index in [4.69, 9.17) is 16.3 Å². The van der Waals surface area contributed by atoms with E-state index in [1.165, 1.54) is 12.3 Å². The van der Waals surface area contributed by atoms with Crippen molar-refractivity contribution < 1.29 is 28.3 Å². The van der Waals surface area contributed by atoms with Crippen LogP contribution >= 0.6 is 27.5 Å². The number of Topliss-reactive ketones (excluding diaryl/α,β-unsaturated/α-hetero) is 1. The summed E-state index contributed by atoms with van der Waals surface area (Å²) in [5.74, 6) is -3.76. The maximum Gasteiger partial charge on any atom is 0.315 e. The normalized spacial score (nSPS) is 26.3. The van der Waals surface area contributed by atoms with Crippen LogP contribution in [0.2, 0.25) is 0 Å². The van der Waals surface area contributed by atoms with Crippen LogP contribution in [0.1, 0.15) is 29.6 Å². The fourth-order valence-electron chi connectivity index (χ4n) is 6.50. The van der Waals surface area contributed by atoms with Gasteiger partial charge in [-0.2, -0.15) is 0 Å². The topological polar surface area (TPSA) is 110 Å². The molecular formula is C29H21BrClFN4O5. The second-order valence-electron chi connectivity index (χ2n) is 10.9. The average molecular weight is 640 g/mol. The van der Waals surface area contributed by atoms with Crippen molar-refractivity contribution in [2.45, 2.75) is 25.3 Å². The van der Waals surface area contributed by atoms with E-state index in [1.807, 2.05) is 0 Å². The minimum Gasteiger partial charge on any atom is -0.457 e. The molecule has 2 unspecified atom stereocenters. The Hall–Kier alpha value is -3.70. The third-order valence-electron chi connectivity index (χ3n) is 8.49. The first-order valence-corrected chi connectivity index (χ1v) is 14.2. The fourth-order valence-corrected chi connectivity index (χ4v) is 7.17. The minimum atomic E-state index is -1.07. The van der Waals surface area contributed by atoms with Gasteiger partial charge in [-0.1, -0.05) is 11.6 Å². The van der Waals surface area contributed by atoms with E-state index < -0.39 is 35.9 Å². The van der Waals surface area contributed by atoms with Crippen LogP contribution in [0.25, 0.3) is 5.65 Å². The van der Waals surface area contributed by atoms with Crippen molar-refractivity contribution in [2.24, 2.45) is 16.3 Å². The quantitative estimate of drug-likeness (QED) is 0.369. The highest BCUT2D eigenvalue weighted by atomic mass is 79.9. The second-order valence-corrected chi connectivity index (χ2v) is 12.1. The lowest BCUT2D eigenvalue weighted by Gasteiger charge is -2.41. The number of aromatic nitrogens is 2. The lowest BCUT2D eigenvalue weighted by atomic mass is 9.74. The van der Waals surface area contributed by atoms with Gasteiger partial charge >= 0.3 is 5.97 Å². The van der Waals surface area contributed by atoms with E-state index in [2.05, 4.69) is 25.9 Å². The molecule has 2 aromatic heterocycles. The number of hydrogen-bond acceptors (Lipinski definition) is 7. The number of amides is 1. The van der Waals surface area contributed by atoms with E-state index in [-0.39, 0.29) is 46.6 Å². The Labute approximate surface area is 246 Å². The minimum absolute atomic E-state index is 0.00146. The first-order chi connectivity index (χ1) is 19.7. The van der Waals surface area contributed by atoms with Crippen molar-refractivity contribution in [1.82, 2.24) is 14.3 Å². The zero-order valence-corrected chi connectivity index (χ0v) is 23.7. The lowest BCUT2D eigenvalue weighted by molar-refractivity contribution is -0.147. The zero-order valence-electron chi connectivity index (χ0n) is 21.4. The summed E-state index contributed by atoms with van der Waals surface area (Å²) < 4.78 is 23.2. The molecule has 0 aromatic carbocycles. The number of aliphatic imine (C=N–C) groups is 1. The standard InChI is InChI=1S/C29H21BrClFN4O5/c30-22-11-34-23-5-14(1-4-35(22)23)21(38)13-41-28(40)18-12-36-24(39)8-29(2-3-29)27(36)17-9-33-10-19(31)26-16(25(17)18)6-15(37)7-20(26)32/h1,4-7,10-11,18,27H,2-3,8-9,12-13H2/b26-19-,33-10?. The molecule has 2 aliphatic carbocycles. The van der Waals surface area contributed by atoms with Crippen LogP contribution < -0.4 is 0 Å². The number of ether oxygens (including phenoxy) is 1. The summed E-state index contributed by atoms with van der Waals surface area (Å²) in [6.07, 6.45) is 8.77. The molecule has 2 aromatic rings. The van der Waals surface area contributed by atoms with Crippen molar-refractivity contribution in [3.8, 4) is 0 Å². The molecule has 1 saturated heterocycles. The SMILES string of the molecule is O=C1C=C(F)/C2=C(\Cl)C=NCC3=C(C2=C1)C(C(=O)OCC(=O)c1ccn2c(Br)cnc2c1)CN1C(=O)CC2(CC2)C31. The second kappa shape index (κ2) is 9.42. The number of hydrogen-bond donors (Lipinski definition) is 0. The number of carbonyl (C=O) groups excluding carboxylic acids is 4. The predicted molar refractivity (Wildman–Crippen MR) is 149 cm³/mol. The van der Waals surface area contributed by atoms with Gasteiger partial charge in [0.25, 0.3) is 0 Å². The van der Waals surface area contributed by atoms with Gasteiger partial charge in [0.15, 0.2) is 12.4 Å².